The Balaban J connectivity index is 0.000000468. The Kier molecular flexibility index (Phi) is 11.7. The lowest BCUT2D eigenvalue weighted by molar-refractivity contribution is 0.131. The molecule has 1 heterocycles. The normalized spacial score (nSPS) is 17.7. The smallest absolute Gasteiger partial charge is 0.330 e. The summed E-state index contributed by atoms with van der Waals surface area (Å²) in [5.74, 6) is 0. The van der Waals surface area contributed by atoms with Crippen molar-refractivity contribution in [2.75, 3.05) is 52.4 Å². The average molecular weight is 378 g/mol. The summed E-state index contributed by atoms with van der Waals surface area (Å²) in [4.78, 5) is 36.0. The number of hydrogen-bond acceptors (Lipinski definition) is 7. The van der Waals surface area contributed by atoms with Gasteiger partial charge in [-0.25, -0.2) is 9.13 Å². The minimum atomic E-state index is -5.05. The molecule has 0 aromatic rings. The molecule has 1 rings (SSSR count). The van der Waals surface area contributed by atoms with Gasteiger partial charge in [-0.3, -0.25) is 0 Å². The number of nitrogens with two attached hydrogens (primary N) is 2. The summed E-state index contributed by atoms with van der Waals surface area (Å²) in [6.07, 6.45) is 2.26. The average Bonchev–Trinajstić information content (AvgIpc) is 2.40. The zero-order valence-corrected chi connectivity index (χ0v) is 14.8. The van der Waals surface area contributed by atoms with Crippen LogP contribution in [0.25, 0.3) is 0 Å². The molecule has 11 nitrogen and oxygen atoms in total. The standard InChI is InChI=1S/C10H24N4.H4O7P2/c11-3-1-5-13-7-9-14(10-8-13)6-2-4-12;1-8(2,3)7-9(4,5)6/h1-12H2;(H2,1,2,3)(H2,4,5,6). The van der Waals surface area contributed by atoms with E-state index in [1.54, 1.807) is 0 Å². The second-order valence-corrected chi connectivity index (χ2v) is 7.65. The van der Waals surface area contributed by atoms with Crippen LogP contribution in [0.2, 0.25) is 0 Å². The molecule has 0 aromatic carbocycles. The number of phosphoric acid groups is 2. The molecule has 8 N–H and O–H groups in total. The Morgan fingerprint density at radius 1 is 0.783 bits per heavy atom. The maximum Gasteiger partial charge on any atom is 0.478 e. The molecule has 0 bridgehead atoms. The van der Waals surface area contributed by atoms with Crippen LogP contribution in [0.5, 0.6) is 0 Å². The van der Waals surface area contributed by atoms with Crippen LogP contribution >= 0.6 is 15.6 Å². The minimum absolute atomic E-state index is 0.813. The zero-order chi connectivity index (χ0) is 17.9. The second kappa shape index (κ2) is 11.6. The van der Waals surface area contributed by atoms with E-state index >= 15 is 0 Å². The first-order chi connectivity index (χ1) is 10.6. The molecule has 23 heavy (non-hydrogen) atoms. The van der Waals surface area contributed by atoms with E-state index in [0.29, 0.717) is 0 Å². The van der Waals surface area contributed by atoms with Crippen molar-refractivity contribution in [3.05, 3.63) is 0 Å². The van der Waals surface area contributed by atoms with Crippen LogP contribution in [0.3, 0.4) is 0 Å². The molecule has 1 aliphatic rings. The third kappa shape index (κ3) is 15.4. The van der Waals surface area contributed by atoms with Gasteiger partial charge < -0.3 is 40.8 Å². The summed E-state index contributed by atoms with van der Waals surface area (Å²) in [5.41, 5.74) is 11.0. The number of hydrogen-bond donors (Lipinski definition) is 6. The SMILES string of the molecule is NCCCN1CCN(CCCN)CC1.O=P(O)(O)OP(=O)(O)O. The summed E-state index contributed by atoms with van der Waals surface area (Å²) >= 11 is 0. The Bertz CT molecular complexity index is 359. The Hall–Kier alpha value is 0.100. The first kappa shape index (κ1) is 23.1. The van der Waals surface area contributed by atoms with Crippen LogP contribution in [0.1, 0.15) is 12.8 Å². The molecule has 0 atom stereocenters. The summed E-state index contributed by atoms with van der Waals surface area (Å²) in [5, 5.41) is 0. The van der Waals surface area contributed by atoms with Gasteiger partial charge in [0.15, 0.2) is 0 Å². The van der Waals surface area contributed by atoms with Gasteiger partial charge in [0, 0.05) is 26.2 Å². The van der Waals surface area contributed by atoms with Crippen LogP contribution in [-0.2, 0) is 13.4 Å². The van der Waals surface area contributed by atoms with Gasteiger partial charge >= 0.3 is 15.6 Å². The fourth-order valence-electron chi connectivity index (χ4n) is 2.00. The van der Waals surface area contributed by atoms with Gasteiger partial charge in [0.05, 0.1) is 0 Å². The van der Waals surface area contributed by atoms with Gasteiger partial charge in [-0.1, -0.05) is 0 Å². The third-order valence-corrected chi connectivity index (χ3v) is 4.74. The van der Waals surface area contributed by atoms with E-state index in [1.807, 2.05) is 0 Å². The van der Waals surface area contributed by atoms with Crippen LogP contribution in [0, 0.1) is 0 Å². The van der Waals surface area contributed by atoms with Crippen LogP contribution in [0.4, 0.5) is 0 Å². The van der Waals surface area contributed by atoms with E-state index in [0.717, 1.165) is 25.9 Å². The van der Waals surface area contributed by atoms with E-state index < -0.39 is 15.6 Å². The quantitative estimate of drug-likeness (QED) is 0.270. The number of rotatable bonds is 8. The van der Waals surface area contributed by atoms with Crippen molar-refractivity contribution < 1.29 is 33.0 Å². The van der Waals surface area contributed by atoms with E-state index in [4.69, 9.17) is 31.0 Å². The molecule has 0 unspecified atom stereocenters. The molecule has 1 saturated heterocycles. The highest BCUT2D eigenvalue weighted by Gasteiger charge is 2.27. The van der Waals surface area contributed by atoms with Crippen LogP contribution in [-0.4, -0.2) is 81.7 Å². The predicted octanol–water partition coefficient (Wildman–Crippen LogP) is -1.51. The molecule has 1 fully saturated rings. The van der Waals surface area contributed by atoms with E-state index in [-0.39, 0.29) is 0 Å². The molecule has 0 spiro atoms. The topological polar surface area (TPSA) is 183 Å². The van der Waals surface area contributed by atoms with Crippen molar-refractivity contribution in [2.45, 2.75) is 12.8 Å². The van der Waals surface area contributed by atoms with Crippen molar-refractivity contribution in [2.24, 2.45) is 11.5 Å². The highest BCUT2D eigenvalue weighted by molar-refractivity contribution is 7.60. The molecule has 1 aliphatic heterocycles. The highest BCUT2D eigenvalue weighted by Crippen LogP contribution is 2.53. The maximum atomic E-state index is 9.63. The number of nitrogens with zero attached hydrogens (tertiary/aromatic N) is 2. The van der Waals surface area contributed by atoms with E-state index in [2.05, 4.69) is 14.1 Å². The van der Waals surface area contributed by atoms with Gasteiger partial charge in [-0.2, -0.15) is 4.31 Å². The van der Waals surface area contributed by atoms with Crippen molar-refractivity contribution in [1.29, 1.82) is 0 Å². The maximum absolute atomic E-state index is 9.63. The molecular formula is C10H28N4O7P2. The first-order valence-corrected chi connectivity index (χ1v) is 10.3. The Morgan fingerprint density at radius 2 is 1.09 bits per heavy atom. The molecule has 0 amide bonds. The lowest BCUT2D eigenvalue weighted by Gasteiger charge is -2.34. The van der Waals surface area contributed by atoms with Crippen LogP contribution < -0.4 is 11.5 Å². The molecule has 0 aromatic heterocycles. The fraction of sp³-hybridized carbons (Fsp3) is 1.00. The molecule has 140 valence electrons. The zero-order valence-electron chi connectivity index (χ0n) is 13.0. The summed E-state index contributed by atoms with van der Waals surface area (Å²) in [6.45, 7) is 8.76. The van der Waals surface area contributed by atoms with Crippen molar-refractivity contribution >= 4 is 15.6 Å². The van der Waals surface area contributed by atoms with Gasteiger partial charge in [0.25, 0.3) is 0 Å². The summed E-state index contributed by atoms with van der Waals surface area (Å²) < 4.78 is 22.2. The van der Waals surface area contributed by atoms with Crippen molar-refractivity contribution in [1.82, 2.24) is 9.80 Å². The van der Waals surface area contributed by atoms with Gasteiger partial charge in [-0.05, 0) is 39.0 Å². The lowest BCUT2D eigenvalue weighted by atomic mass is 10.2. The highest BCUT2D eigenvalue weighted by atomic mass is 31.3. The van der Waals surface area contributed by atoms with Gasteiger partial charge in [0.1, 0.15) is 0 Å². The van der Waals surface area contributed by atoms with Crippen molar-refractivity contribution in [3.63, 3.8) is 0 Å². The minimum Gasteiger partial charge on any atom is -0.330 e. The monoisotopic (exact) mass is 378 g/mol. The number of piperazine rings is 1. The summed E-state index contributed by atoms with van der Waals surface area (Å²) in [7, 11) is -10.1. The molecular weight excluding hydrogens is 350 g/mol. The third-order valence-electron chi connectivity index (χ3n) is 3.03. The van der Waals surface area contributed by atoms with Crippen molar-refractivity contribution in [3.8, 4) is 0 Å². The lowest BCUT2D eigenvalue weighted by Crippen LogP contribution is -2.47. The first-order valence-electron chi connectivity index (χ1n) is 7.24. The van der Waals surface area contributed by atoms with E-state index in [1.165, 1.54) is 39.3 Å². The Labute approximate surface area is 136 Å². The molecule has 0 saturated carbocycles. The fourth-order valence-corrected chi connectivity index (χ4v) is 3.11. The molecule has 13 heteroatoms. The largest absolute Gasteiger partial charge is 0.478 e. The predicted molar refractivity (Wildman–Crippen MR) is 85.4 cm³/mol. The Morgan fingerprint density at radius 3 is 1.26 bits per heavy atom. The van der Waals surface area contributed by atoms with Gasteiger partial charge in [-0.15, -0.1) is 0 Å². The second-order valence-electron chi connectivity index (χ2n) is 5.03. The molecule has 0 aliphatic carbocycles. The molecule has 0 radical (unpaired) electrons. The van der Waals surface area contributed by atoms with Gasteiger partial charge in [0.2, 0.25) is 0 Å². The summed E-state index contributed by atoms with van der Waals surface area (Å²) in [6, 6.07) is 0. The van der Waals surface area contributed by atoms with E-state index in [9.17, 15) is 9.13 Å². The van der Waals surface area contributed by atoms with Crippen LogP contribution in [0.15, 0.2) is 0 Å².